The largest absolute Gasteiger partial charge is 0.355 e. The van der Waals surface area contributed by atoms with Gasteiger partial charge in [-0.2, -0.15) is 0 Å². The van der Waals surface area contributed by atoms with Crippen molar-refractivity contribution in [3.05, 3.63) is 11.6 Å². The predicted octanol–water partition coefficient (Wildman–Crippen LogP) is 0.928. The lowest BCUT2D eigenvalue weighted by Crippen LogP contribution is -2.49. The van der Waals surface area contributed by atoms with Gasteiger partial charge in [-0.05, 0) is 25.7 Å². The fourth-order valence-electron chi connectivity index (χ4n) is 4.13. The molecule has 2 heterocycles. The van der Waals surface area contributed by atoms with Gasteiger partial charge in [0.2, 0.25) is 5.91 Å². The van der Waals surface area contributed by atoms with Gasteiger partial charge in [-0.25, -0.2) is 0 Å². The molecule has 0 radical (unpaired) electrons. The summed E-state index contributed by atoms with van der Waals surface area (Å²) in [6, 6.07) is 0. The molecule has 2 N–H and O–H groups in total. The van der Waals surface area contributed by atoms with Gasteiger partial charge in [0.1, 0.15) is 5.82 Å². The van der Waals surface area contributed by atoms with Crippen molar-refractivity contribution in [3.8, 4) is 0 Å². The van der Waals surface area contributed by atoms with Crippen LogP contribution in [0.15, 0.2) is 4.99 Å². The smallest absolute Gasteiger partial charge is 0.230 e. The molecule has 144 valence electrons. The summed E-state index contributed by atoms with van der Waals surface area (Å²) in [6.07, 6.45) is 7.47. The first kappa shape index (κ1) is 18.7. The molecule has 2 aliphatic rings. The molecule has 26 heavy (non-hydrogen) atoms. The number of nitrogens with zero attached hydrogens (tertiary/aromatic N) is 5. The van der Waals surface area contributed by atoms with E-state index in [1.807, 2.05) is 14.1 Å². The maximum atomic E-state index is 12.7. The van der Waals surface area contributed by atoms with Gasteiger partial charge < -0.3 is 20.1 Å². The van der Waals surface area contributed by atoms with Crippen molar-refractivity contribution in [2.24, 2.45) is 10.4 Å². The van der Waals surface area contributed by atoms with E-state index in [2.05, 4.69) is 30.4 Å². The van der Waals surface area contributed by atoms with E-state index >= 15 is 0 Å². The fraction of sp³-hybridized carbons (Fsp3) is 0.778. The van der Waals surface area contributed by atoms with Crippen molar-refractivity contribution in [3.63, 3.8) is 0 Å². The van der Waals surface area contributed by atoms with Crippen LogP contribution < -0.4 is 10.6 Å². The summed E-state index contributed by atoms with van der Waals surface area (Å²) in [5, 5.41) is 15.3. The number of aryl methyl sites for hydroxylation is 1. The lowest BCUT2D eigenvalue weighted by Gasteiger charge is -2.31. The second-order valence-electron chi connectivity index (χ2n) is 7.61. The highest BCUT2D eigenvalue weighted by Gasteiger charge is 2.42. The Kier molecular flexibility index (Phi) is 5.78. The number of nitrogens with one attached hydrogen (secondary N) is 2. The van der Waals surface area contributed by atoms with Gasteiger partial charge in [-0.3, -0.25) is 9.79 Å². The standard InChI is InChI=1S/C18H31N7O/c1-19-17(20-12-15-23-22-14-8-4-7-11-25(14)15)21-13-18(9-5-6-10-18)16(26)24(2)3/h4-13H2,1-3H3,(H2,19,20,21). The zero-order chi connectivity index (χ0) is 18.6. The van der Waals surface area contributed by atoms with Gasteiger partial charge in [0.05, 0.1) is 12.0 Å². The average Bonchev–Trinajstić information content (AvgIpc) is 3.29. The molecular weight excluding hydrogens is 330 g/mol. The molecule has 3 rings (SSSR count). The van der Waals surface area contributed by atoms with Crippen molar-refractivity contribution < 1.29 is 4.79 Å². The minimum Gasteiger partial charge on any atom is -0.355 e. The van der Waals surface area contributed by atoms with Gasteiger partial charge in [0.15, 0.2) is 11.8 Å². The Balaban J connectivity index is 1.58. The van der Waals surface area contributed by atoms with Gasteiger partial charge in [-0.1, -0.05) is 12.8 Å². The van der Waals surface area contributed by atoms with Gasteiger partial charge in [0.25, 0.3) is 0 Å². The Morgan fingerprint density at radius 1 is 1.19 bits per heavy atom. The molecule has 0 saturated heterocycles. The monoisotopic (exact) mass is 361 g/mol. The minimum atomic E-state index is -0.310. The zero-order valence-corrected chi connectivity index (χ0v) is 16.2. The lowest BCUT2D eigenvalue weighted by molar-refractivity contribution is -0.138. The van der Waals surface area contributed by atoms with Crippen LogP contribution in [0.5, 0.6) is 0 Å². The highest BCUT2D eigenvalue weighted by Crippen LogP contribution is 2.38. The van der Waals surface area contributed by atoms with E-state index in [-0.39, 0.29) is 11.3 Å². The molecule has 8 nitrogen and oxygen atoms in total. The molecule has 0 spiro atoms. The van der Waals surface area contributed by atoms with Crippen LogP contribution >= 0.6 is 0 Å². The van der Waals surface area contributed by atoms with E-state index in [1.165, 1.54) is 12.8 Å². The molecule has 0 bridgehead atoms. The average molecular weight is 361 g/mol. The van der Waals surface area contributed by atoms with E-state index in [9.17, 15) is 4.79 Å². The topological polar surface area (TPSA) is 87.4 Å². The summed E-state index contributed by atoms with van der Waals surface area (Å²) in [7, 11) is 5.43. The Morgan fingerprint density at radius 2 is 1.96 bits per heavy atom. The minimum absolute atomic E-state index is 0.212. The molecule has 0 aromatic carbocycles. The number of carbonyl (C=O) groups excluding carboxylic acids is 1. The van der Waals surface area contributed by atoms with E-state index in [4.69, 9.17) is 0 Å². The number of aliphatic imine (C=N–C) groups is 1. The van der Waals surface area contributed by atoms with E-state index in [0.29, 0.717) is 19.0 Å². The molecule has 1 saturated carbocycles. The second-order valence-corrected chi connectivity index (χ2v) is 7.61. The number of aromatic nitrogens is 3. The van der Waals surface area contributed by atoms with Crippen molar-refractivity contribution in [2.75, 3.05) is 27.7 Å². The highest BCUT2D eigenvalue weighted by molar-refractivity contribution is 5.85. The molecular formula is C18H31N7O. The summed E-state index contributed by atoms with van der Waals surface area (Å²) < 4.78 is 2.21. The van der Waals surface area contributed by atoms with E-state index < -0.39 is 0 Å². The molecule has 1 amide bonds. The number of rotatable bonds is 5. The molecule has 1 aliphatic carbocycles. The first-order valence-electron chi connectivity index (χ1n) is 9.63. The molecule has 8 heteroatoms. The van der Waals surface area contributed by atoms with Gasteiger partial charge in [-0.15, -0.1) is 10.2 Å². The van der Waals surface area contributed by atoms with Crippen LogP contribution in [0.3, 0.4) is 0 Å². The Labute approximate surface area is 155 Å². The maximum Gasteiger partial charge on any atom is 0.230 e. The van der Waals surface area contributed by atoms with E-state index in [1.54, 1.807) is 11.9 Å². The predicted molar refractivity (Wildman–Crippen MR) is 101 cm³/mol. The van der Waals surface area contributed by atoms with Crippen molar-refractivity contribution in [2.45, 2.75) is 58.0 Å². The van der Waals surface area contributed by atoms with Crippen LogP contribution in [0, 0.1) is 5.41 Å². The number of hydrogen-bond acceptors (Lipinski definition) is 4. The normalized spacial score (nSPS) is 19.1. The summed E-state index contributed by atoms with van der Waals surface area (Å²) in [5.41, 5.74) is -0.310. The third kappa shape index (κ3) is 3.83. The van der Waals surface area contributed by atoms with Crippen LogP contribution in [0.2, 0.25) is 0 Å². The van der Waals surface area contributed by atoms with Crippen molar-refractivity contribution in [1.29, 1.82) is 0 Å². The Morgan fingerprint density at radius 3 is 2.65 bits per heavy atom. The molecule has 1 fully saturated rings. The summed E-state index contributed by atoms with van der Waals surface area (Å²) in [5.74, 6) is 2.94. The number of fused-ring (bicyclic) bond motifs is 1. The number of amides is 1. The summed E-state index contributed by atoms with van der Waals surface area (Å²) >= 11 is 0. The van der Waals surface area contributed by atoms with Gasteiger partial charge >= 0.3 is 0 Å². The first-order chi connectivity index (χ1) is 12.6. The second kappa shape index (κ2) is 8.05. The van der Waals surface area contributed by atoms with Crippen LogP contribution in [-0.2, 0) is 24.3 Å². The Bertz CT molecular complexity index is 658. The number of guanidine groups is 1. The molecule has 0 atom stereocenters. The van der Waals surface area contributed by atoms with Crippen LogP contribution in [-0.4, -0.2) is 59.2 Å². The molecule has 1 aromatic heterocycles. The quantitative estimate of drug-likeness (QED) is 0.602. The van der Waals surface area contributed by atoms with Crippen LogP contribution in [0.25, 0.3) is 0 Å². The number of carbonyl (C=O) groups is 1. The maximum absolute atomic E-state index is 12.7. The van der Waals surface area contributed by atoms with Crippen LogP contribution in [0.1, 0.15) is 50.2 Å². The number of hydrogen-bond donors (Lipinski definition) is 2. The van der Waals surface area contributed by atoms with Crippen LogP contribution in [0.4, 0.5) is 0 Å². The molecule has 1 aliphatic heterocycles. The third-order valence-electron chi connectivity index (χ3n) is 5.59. The zero-order valence-electron chi connectivity index (χ0n) is 16.2. The fourth-order valence-corrected chi connectivity index (χ4v) is 4.13. The lowest BCUT2D eigenvalue weighted by atomic mass is 9.84. The summed E-state index contributed by atoms with van der Waals surface area (Å²) in [6.45, 7) is 2.19. The summed E-state index contributed by atoms with van der Waals surface area (Å²) in [4.78, 5) is 18.7. The molecule has 0 unspecified atom stereocenters. The first-order valence-corrected chi connectivity index (χ1v) is 9.63. The van der Waals surface area contributed by atoms with Gasteiger partial charge in [0, 0.05) is 40.7 Å². The Hall–Kier alpha value is -2.12. The molecule has 1 aromatic rings. The third-order valence-corrected chi connectivity index (χ3v) is 5.59. The highest BCUT2D eigenvalue weighted by atomic mass is 16.2. The SMILES string of the molecule is CN=C(NCc1nnc2n1CCCC2)NCC1(C(=O)N(C)C)CCCC1. The van der Waals surface area contributed by atoms with Crippen molar-refractivity contribution in [1.82, 2.24) is 30.3 Å². The van der Waals surface area contributed by atoms with E-state index in [0.717, 1.165) is 50.3 Å². The van der Waals surface area contributed by atoms with Crippen molar-refractivity contribution >= 4 is 11.9 Å².